The number of alkyl halides is 6. The largest absolute Gasteiger partial charge is 0.756 e. The van der Waals surface area contributed by atoms with Crippen LogP contribution in [0.5, 0.6) is 0 Å². The molecule has 0 rings (SSSR count). The summed E-state index contributed by atoms with van der Waals surface area (Å²) in [5.41, 5.74) is 2.26. The summed E-state index contributed by atoms with van der Waals surface area (Å²) in [6.07, 6.45) is 0.762. The Morgan fingerprint density at radius 1 is 0.917 bits per heavy atom. The number of hydrogen-bond acceptors (Lipinski definition) is 4. The first-order chi connectivity index (χ1) is 10.6. The van der Waals surface area contributed by atoms with Crippen molar-refractivity contribution < 1.29 is 24.2 Å². The zero-order chi connectivity index (χ0) is 20.0. The van der Waals surface area contributed by atoms with E-state index >= 15 is 0 Å². The van der Waals surface area contributed by atoms with Gasteiger partial charge in [0.2, 0.25) is 8.85 Å². The summed E-state index contributed by atoms with van der Waals surface area (Å²) in [7, 11) is -3.23. The number of quaternary nitrogens is 1. The van der Waals surface area contributed by atoms with Crippen molar-refractivity contribution in [3.63, 3.8) is 0 Å². The average molecular weight is 490 g/mol. The van der Waals surface area contributed by atoms with Crippen LogP contribution in [-0.2, 0) is 13.6 Å². The van der Waals surface area contributed by atoms with Gasteiger partial charge in [-0.1, -0.05) is 90.4 Å². The van der Waals surface area contributed by atoms with Gasteiger partial charge in [0.15, 0.2) is 4.33 Å². The lowest BCUT2D eigenvalue weighted by Gasteiger charge is -2.46. The number of halogens is 6. The third kappa shape index (κ3) is 7.44. The minimum Gasteiger partial charge on any atom is -0.756 e. The third-order valence-electron chi connectivity index (χ3n) is 3.34. The normalized spacial score (nSPS) is 18.2. The Balaban J connectivity index is 0. The SMILES string of the molecule is CCC(C)(CC)OP(=O)([O-])OC(Cl)(C(Cl)(Cl)Cl)C(Cl)(Cl)CC.C[NH3+]. The van der Waals surface area contributed by atoms with Crippen LogP contribution < -0.4 is 10.6 Å². The number of phosphoric ester groups is 1. The van der Waals surface area contributed by atoms with Gasteiger partial charge >= 0.3 is 0 Å². The van der Waals surface area contributed by atoms with Gasteiger partial charge in [0.1, 0.15) is 0 Å². The van der Waals surface area contributed by atoms with Gasteiger partial charge in [-0.2, -0.15) is 0 Å². The molecule has 148 valence electrons. The molecule has 0 radical (unpaired) electrons. The minimum atomic E-state index is -4.98. The Hall–Kier alpha value is 1.81. The molecule has 24 heavy (non-hydrogen) atoms. The van der Waals surface area contributed by atoms with Crippen LogP contribution >= 0.6 is 77.4 Å². The molecule has 0 heterocycles. The van der Waals surface area contributed by atoms with Gasteiger partial charge < -0.3 is 15.2 Å². The van der Waals surface area contributed by atoms with Gasteiger partial charge in [-0.05, 0) is 26.2 Å². The zero-order valence-electron chi connectivity index (χ0n) is 14.2. The highest BCUT2D eigenvalue weighted by Gasteiger charge is 2.63. The molecule has 0 saturated heterocycles. The van der Waals surface area contributed by atoms with Crippen LogP contribution in [0.4, 0.5) is 0 Å². The van der Waals surface area contributed by atoms with Gasteiger partial charge in [-0.15, -0.1) is 0 Å². The van der Waals surface area contributed by atoms with E-state index in [2.05, 4.69) is 5.73 Å². The van der Waals surface area contributed by atoms with Gasteiger partial charge in [-0.25, -0.2) is 0 Å². The lowest BCUT2D eigenvalue weighted by Crippen LogP contribution is -2.53. The molecule has 0 amide bonds. The second kappa shape index (κ2) is 10.4. The number of rotatable bonds is 8. The van der Waals surface area contributed by atoms with E-state index < -0.39 is 26.6 Å². The fourth-order valence-corrected chi connectivity index (χ4v) is 4.72. The van der Waals surface area contributed by atoms with Crippen molar-refractivity contribution in [3.8, 4) is 0 Å². The predicted molar refractivity (Wildman–Crippen MR) is 101 cm³/mol. The highest BCUT2D eigenvalue weighted by atomic mass is 35.6. The summed E-state index contributed by atoms with van der Waals surface area (Å²) < 4.78 is 17.6. The molecule has 5 nitrogen and oxygen atoms in total. The Labute approximate surface area is 173 Å². The first-order valence-corrected chi connectivity index (χ1v) is 10.9. The van der Waals surface area contributed by atoms with Gasteiger partial charge in [0, 0.05) is 0 Å². The van der Waals surface area contributed by atoms with Crippen LogP contribution in [0.1, 0.15) is 47.0 Å². The number of hydrogen-bond donors (Lipinski definition) is 1. The molecule has 0 fully saturated rings. The van der Waals surface area contributed by atoms with E-state index in [1.165, 1.54) is 6.92 Å². The smallest absolute Gasteiger partial charge is 0.270 e. The maximum absolute atomic E-state index is 12.2. The molecule has 0 aliphatic carbocycles. The van der Waals surface area contributed by atoms with Crippen LogP contribution in [-0.4, -0.2) is 25.8 Å². The van der Waals surface area contributed by atoms with Crippen LogP contribution in [0.3, 0.4) is 0 Å². The van der Waals surface area contributed by atoms with Crippen molar-refractivity contribution in [2.24, 2.45) is 0 Å². The van der Waals surface area contributed by atoms with Gasteiger partial charge in [0.25, 0.3) is 7.82 Å². The van der Waals surface area contributed by atoms with Crippen molar-refractivity contribution in [3.05, 3.63) is 0 Å². The summed E-state index contributed by atoms with van der Waals surface area (Å²) in [6, 6.07) is 0. The molecule has 0 bridgehead atoms. The molecule has 0 saturated carbocycles. The lowest BCUT2D eigenvalue weighted by atomic mass is 10.0. The standard InChI is InChI=1S/C11H19Cl6O4P.CH5N/c1-5-8(4,6-2)20-22(18,19)21-10(14,11(15,16)17)9(12,13)7-3;1-2/h5-7H2,1-4H3,(H,18,19);2H2,1H3. The van der Waals surface area contributed by atoms with E-state index in [9.17, 15) is 9.46 Å². The topological polar surface area (TPSA) is 86.2 Å². The Kier molecular flexibility index (Phi) is 12.1. The van der Waals surface area contributed by atoms with E-state index in [0.29, 0.717) is 12.8 Å². The summed E-state index contributed by atoms with van der Waals surface area (Å²) >= 11 is 35.3. The monoisotopic (exact) mass is 487 g/mol. The fourth-order valence-electron chi connectivity index (χ4n) is 1.37. The zero-order valence-corrected chi connectivity index (χ0v) is 19.6. The molecular formula is C12H24Cl6NO4P. The Bertz CT molecular complexity index is 430. The third-order valence-corrected chi connectivity index (χ3v) is 7.65. The lowest BCUT2D eigenvalue weighted by molar-refractivity contribution is -0.325. The molecular weight excluding hydrogens is 466 g/mol. The number of phosphoric acid groups is 1. The molecule has 0 aromatic carbocycles. The highest BCUT2D eigenvalue weighted by molar-refractivity contribution is 7.46. The molecule has 2 unspecified atom stereocenters. The van der Waals surface area contributed by atoms with E-state index in [-0.39, 0.29) is 6.42 Å². The first kappa shape index (κ1) is 28.0. The van der Waals surface area contributed by atoms with Crippen LogP contribution in [0.15, 0.2) is 0 Å². The van der Waals surface area contributed by atoms with Crippen molar-refractivity contribution in [1.82, 2.24) is 0 Å². The van der Waals surface area contributed by atoms with Gasteiger partial charge in [-0.3, -0.25) is 9.09 Å². The minimum absolute atomic E-state index is 0.0493. The quantitative estimate of drug-likeness (QED) is 0.391. The van der Waals surface area contributed by atoms with E-state index in [0.717, 1.165) is 0 Å². The molecule has 12 heteroatoms. The van der Waals surface area contributed by atoms with Crippen molar-refractivity contribution in [1.29, 1.82) is 0 Å². The summed E-state index contributed by atoms with van der Waals surface area (Å²) in [4.78, 5) is 12.2. The van der Waals surface area contributed by atoms with Crippen LogP contribution in [0.25, 0.3) is 0 Å². The van der Waals surface area contributed by atoms with E-state index in [4.69, 9.17) is 78.7 Å². The van der Waals surface area contributed by atoms with Gasteiger partial charge in [0.05, 0.1) is 12.6 Å². The van der Waals surface area contributed by atoms with Crippen LogP contribution in [0.2, 0.25) is 0 Å². The molecule has 0 spiro atoms. The highest BCUT2D eigenvalue weighted by Crippen LogP contribution is 2.62. The second-order valence-electron chi connectivity index (χ2n) is 4.94. The molecule has 0 aromatic heterocycles. The summed E-state index contributed by atoms with van der Waals surface area (Å²) in [6.45, 7) is 6.63. The van der Waals surface area contributed by atoms with Crippen molar-refractivity contribution >= 4 is 77.4 Å². The molecule has 0 aromatic rings. The van der Waals surface area contributed by atoms with Crippen LogP contribution in [0, 0.1) is 0 Å². The average Bonchev–Trinajstić information content (AvgIpc) is 2.46. The maximum Gasteiger partial charge on any atom is 0.270 e. The molecule has 3 N–H and O–H groups in total. The predicted octanol–water partition coefficient (Wildman–Crippen LogP) is 4.81. The van der Waals surface area contributed by atoms with E-state index in [1.807, 2.05) is 0 Å². The first-order valence-electron chi connectivity index (χ1n) is 7.16. The Morgan fingerprint density at radius 3 is 1.54 bits per heavy atom. The Morgan fingerprint density at radius 2 is 1.29 bits per heavy atom. The summed E-state index contributed by atoms with van der Waals surface area (Å²) in [5, 5.41) is -2.57. The fraction of sp³-hybridized carbons (Fsp3) is 1.00. The van der Waals surface area contributed by atoms with Crippen molar-refractivity contribution in [2.75, 3.05) is 7.05 Å². The second-order valence-corrected chi connectivity index (χ2v) is 10.5. The molecule has 0 aliphatic heterocycles. The summed E-state index contributed by atoms with van der Waals surface area (Å²) in [5.74, 6) is 0. The van der Waals surface area contributed by atoms with Crippen molar-refractivity contribution in [2.45, 2.75) is 65.7 Å². The van der Waals surface area contributed by atoms with E-state index in [1.54, 1.807) is 27.8 Å². The molecule has 0 aliphatic rings. The molecule has 2 atom stereocenters. The maximum atomic E-state index is 12.2.